The van der Waals surface area contributed by atoms with Gasteiger partial charge in [0.05, 0.1) is 32.1 Å². The van der Waals surface area contributed by atoms with Crippen LogP contribution in [0.4, 0.5) is 10.5 Å². The molecule has 1 atom stereocenters. The lowest BCUT2D eigenvalue weighted by molar-refractivity contribution is 0.0154. The summed E-state index contributed by atoms with van der Waals surface area (Å²) in [5.41, 5.74) is 0.588. The Morgan fingerprint density at radius 3 is 2.86 bits per heavy atom. The van der Waals surface area contributed by atoms with Crippen molar-refractivity contribution in [2.45, 2.75) is 6.10 Å². The second-order valence-electron chi connectivity index (χ2n) is 5.10. The first-order valence-corrected chi connectivity index (χ1v) is 7.35. The number of methoxy groups -OCH3 is 1. The summed E-state index contributed by atoms with van der Waals surface area (Å²) in [4.78, 5) is 14.0. The van der Waals surface area contributed by atoms with Gasteiger partial charge in [0, 0.05) is 26.2 Å². The molecule has 1 aromatic rings. The highest BCUT2D eigenvalue weighted by Gasteiger charge is 2.15. The Kier molecular flexibility index (Phi) is 6.45. The van der Waals surface area contributed by atoms with Crippen LogP contribution in [0.2, 0.25) is 0 Å². The fourth-order valence-electron chi connectivity index (χ4n) is 2.27. The Morgan fingerprint density at radius 1 is 1.41 bits per heavy atom. The molecule has 22 heavy (non-hydrogen) atoms. The van der Waals surface area contributed by atoms with Crippen LogP contribution in [-0.4, -0.2) is 68.6 Å². The van der Waals surface area contributed by atoms with Crippen molar-refractivity contribution in [3.8, 4) is 5.75 Å². The number of amides is 2. The number of nitrogens with one attached hydrogen (secondary N) is 2. The minimum absolute atomic E-state index is 0.193. The van der Waals surface area contributed by atoms with Gasteiger partial charge < -0.3 is 25.2 Å². The molecule has 1 aliphatic heterocycles. The van der Waals surface area contributed by atoms with Gasteiger partial charge in [-0.25, -0.2) is 4.79 Å². The van der Waals surface area contributed by atoms with Crippen LogP contribution in [0.5, 0.6) is 5.75 Å². The molecule has 0 saturated carbocycles. The summed E-state index contributed by atoms with van der Waals surface area (Å²) in [6.45, 7) is 3.72. The number of benzene rings is 1. The van der Waals surface area contributed by atoms with E-state index < -0.39 is 6.10 Å². The van der Waals surface area contributed by atoms with E-state index >= 15 is 0 Å². The van der Waals surface area contributed by atoms with Crippen LogP contribution in [0, 0.1) is 0 Å². The predicted octanol–water partition coefficient (Wildman–Crippen LogP) is 0.510. The van der Waals surface area contributed by atoms with E-state index in [1.54, 1.807) is 19.2 Å². The highest BCUT2D eigenvalue weighted by molar-refractivity contribution is 5.90. The quantitative estimate of drug-likeness (QED) is 0.713. The van der Waals surface area contributed by atoms with Gasteiger partial charge in [0.15, 0.2) is 0 Å². The van der Waals surface area contributed by atoms with E-state index in [4.69, 9.17) is 9.47 Å². The van der Waals surface area contributed by atoms with Crippen molar-refractivity contribution in [2.24, 2.45) is 0 Å². The molecule has 1 aliphatic rings. The summed E-state index contributed by atoms with van der Waals surface area (Å²) in [7, 11) is 1.55. The number of para-hydroxylation sites is 2. The second kappa shape index (κ2) is 8.57. The number of carbonyl (C=O) groups excluding carboxylic acids is 1. The first kappa shape index (κ1) is 16.5. The zero-order valence-electron chi connectivity index (χ0n) is 12.7. The number of anilines is 1. The van der Waals surface area contributed by atoms with Crippen molar-refractivity contribution in [3.63, 3.8) is 0 Å². The molecule has 0 bridgehead atoms. The third kappa shape index (κ3) is 5.18. The third-order valence-corrected chi connectivity index (χ3v) is 3.43. The molecule has 2 amide bonds. The standard InChI is InChI=1S/C15H23N3O4/c1-21-14-5-3-2-4-13(14)17-15(20)16-10-12(19)11-18-6-8-22-9-7-18/h2-5,12,19H,6-11H2,1H3,(H2,16,17,20)/t12-/m1/s1. The van der Waals surface area contributed by atoms with E-state index in [1.807, 2.05) is 12.1 Å². The summed E-state index contributed by atoms with van der Waals surface area (Å²) >= 11 is 0. The molecule has 1 heterocycles. The summed E-state index contributed by atoms with van der Waals surface area (Å²) in [5, 5.41) is 15.3. The number of aliphatic hydroxyl groups excluding tert-OH is 1. The summed E-state index contributed by atoms with van der Waals surface area (Å²) < 4.78 is 10.4. The molecule has 1 saturated heterocycles. The van der Waals surface area contributed by atoms with Crippen molar-refractivity contribution < 1.29 is 19.4 Å². The van der Waals surface area contributed by atoms with E-state index in [0.717, 1.165) is 13.1 Å². The Hall–Kier alpha value is -1.83. The van der Waals surface area contributed by atoms with Gasteiger partial charge in [0.25, 0.3) is 0 Å². The van der Waals surface area contributed by atoms with E-state index in [9.17, 15) is 9.90 Å². The summed E-state index contributed by atoms with van der Waals surface area (Å²) in [5.74, 6) is 0.589. The molecule has 7 nitrogen and oxygen atoms in total. The average molecular weight is 309 g/mol. The van der Waals surface area contributed by atoms with E-state index in [-0.39, 0.29) is 12.6 Å². The third-order valence-electron chi connectivity index (χ3n) is 3.43. The van der Waals surface area contributed by atoms with Crippen LogP contribution >= 0.6 is 0 Å². The predicted molar refractivity (Wildman–Crippen MR) is 83.3 cm³/mol. The Morgan fingerprint density at radius 2 is 2.14 bits per heavy atom. The van der Waals surface area contributed by atoms with Crippen LogP contribution in [0.1, 0.15) is 0 Å². The number of hydrogen-bond donors (Lipinski definition) is 3. The minimum atomic E-state index is -0.610. The number of urea groups is 1. The van der Waals surface area contributed by atoms with Gasteiger partial charge >= 0.3 is 6.03 Å². The molecule has 122 valence electrons. The van der Waals surface area contributed by atoms with E-state index in [0.29, 0.717) is 31.2 Å². The van der Waals surface area contributed by atoms with Crippen molar-refractivity contribution >= 4 is 11.7 Å². The minimum Gasteiger partial charge on any atom is -0.495 e. The lowest BCUT2D eigenvalue weighted by atomic mass is 10.3. The van der Waals surface area contributed by atoms with Gasteiger partial charge in [-0.05, 0) is 12.1 Å². The van der Waals surface area contributed by atoms with Crippen LogP contribution < -0.4 is 15.4 Å². The molecule has 2 rings (SSSR count). The fourth-order valence-corrected chi connectivity index (χ4v) is 2.27. The molecule has 3 N–H and O–H groups in total. The zero-order chi connectivity index (χ0) is 15.8. The number of hydrogen-bond acceptors (Lipinski definition) is 5. The first-order valence-electron chi connectivity index (χ1n) is 7.35. The van der Waals surface area contributed by atoms with Crippen LogP contribution in [0.15, 0.2) is 24.3 Å². The lowest BCUT2D eigenvalue weighted by Gasteiger charge is -2.28. The zero-order valence-corrected chi connectivity index (χ0v) is 12.7. The molecule has 0 radical (unpaired) electrons. The largest absolute Gasteiger partial charge is 0.495 e. The molecule has 0 spiro atoms. The van der Waals surface area contributed by atoms with Gasteiger partial charge in [-0.3, -0.25) is 4.90 Å². The SMILES string of the molecule is COc1ccccc1NC(=O)NC[C@@H](O)CN1CCOCC1. The molecular formula is C15H23N3O4. The number of β-amino-alcohol motifs (C(OH)–C–C–N with tert-alkyl or cyclic N) is 1. The Balaban J connectivity index is 1.72. The number of aliphatic hydroxyl groups is 1. The monoisotopic (exact) mass is 309 g/mol. The highest BCUT2D eigenvalue weighted by Crippen LogP contribution is 2.22. The van der Waals surface area contributed by atoms with Gasteiger partial charge in [0.1, 0.15) is 5.75 Å². The van der Waals surface area contributed by atoms with Crippen LogP contribution in [0.25, 0.3) is 0 Å². The maximum atomic E-state index is 11.9. The molecule has 0 unspecified atom stereocenters. The molecule has 1 aromatic carbocycles. The molecule has 1 fully saturated rings. The summed E-state index contributed by atoms with van der Waals surface area (Å²) in [6.07, 6.45) is -0.610. The van der Waals surface area contributed by atoms with Gasteiger partial charge in [-0.15, -0.1) is 0 Å². The van der Waals surface area contributed by atoms with Crippen molar-refractivity contribution in [1.82, 2.24) is 10.2 Å². The first-order chi connectivity index (χ1) is 10.7. The summed E-state index contributed by atoms with van der Waals surface area (Å²) in [6, 6.07) is 6.79. The maximum absolute atomic E-state index is 11.9. The number of morpholine rings is 1. The maximum Gasteiger partial charge on any atom is 0.319 e. The van der Waals surface area contributed by atoms with Crippen molar-refractivity contribution in [2.75, 3.05) is 51.8 Å². The van der Waals surface area contributed by atoms with E-state index in [2.05, 4.69) is 15.5 Å². The Labute approximate surface area is 130 Å². The molecular weight excluding hydrogens is 286 g/mol. The van der Waals surface area contributed by atoms with Crippen LogP contribution in [0.3, 0.4) is 0 Å². The van der Waals surface area contributed by atoms with Gasteiger partial charge in [-0.1, -0.05) is 12.1 Å². The topological polar surface area (TPSA) is 83.1 Å². The number of ether oxygens (including phenoxy) is 2. The highest BCUT2D eigenvalue weighted by atomic mass is 16.5. The number of rotatable bonds is 6. The number of carbonyl (C=O) groups is 1. The van der Waals surface area contributed by atoms with Crippen molar-refractivity contribution in [1.29, 1.82) is 0 Å². The fraction of sp³-hybridized carbons (Fsp3) is 0.533. The van der Waals surface area contributed by atoms with Crippen LogP contribution in [-0.2, 0) is 4.74 Å². The normalized spacial score (nSPS) is 16.8. The molecule has 7 heteroatoms. The number of nitrogens with zero attached hydrogens (tertiary/aromatic N) is 1. The Bertz CT molecular complexity index is 478. The average Bonchev–Trinajstić information content (AvgIpc) is 2.54. The van der Waals surface area contributed by atoms with Crippen molar-refractivity contribution in [3.05, 3.63) is 24.3 Å². The second-order valence-corrected chi connectivity index (χ2v) is 5.10. The molecule has 0 aromatic heterocycles. The molecule has 0 aliphatic carbocycles. The van der Waals surface area contributed by atoms with Gasteiger partial charge in [-0.2, -0.15) is 0 Å². The van der Waals surface area contributed by atoms with E-state index in [1.165, 1.54) is 0 Å². The smallest absolute Gasteiger partial charge is 0.319 e. The van der Waals surface area contributed by atoms with Gasteiger partial charge in [0.2, 0.25) is 0 Å². The lowest BCUT2D eigenvalue weighted by Crippen LogP contribution is -2.45.